The van der Waals surface area contributed by atoms with Crippen LogP contribution in [0.5, 0.6) is 0 Å². The first-order valence-electron chi connectivity index (χ1n) is 3.69. The fourth-order valence-corrected chi connectivity index (χ4v) is 2.19. The smallest absolute Gasteiger partial charge is 0.00209 e. The third kappa shape index (κ3) is 1.95. The summed E-state index contributed by atoms with van der Waals surface area (Å²) in [6.45, 7) is 2.37. The summed E-state index contributed by atoms with van der Waals surface area (Å²) in [5, 5.41) is 7.79. The van der Waals surface area contributed by atoms with Crippen LogP contribution in [0.4, 0.5) is 0 Å². The molecule has 1 atom stereocenters. The second kappa shape index (κ2) is 4.10. The predicted molar refractivity (Wildman–Crippen MR) is 51.8 cm³/mol. The van der Waals surface area contributed by atoms with E-state index in [1.54, 1.807) is 11.3 Å². The summed E-state index contributed by atoms with van der Waals surface area (Å²) in [5.74, 6) is 0.797. The summed E-state index contributed by atoms with van der Waals surface area (Å²) in [5.41, 5.74) is 1.52. The molecular weight excluding hydrogens is 178 g/mol. The Morgan fingerprint density at radius 3 is 3.00 bits per heavy atom. The molecule has 1 aliphatic rings. The molecule has 1 aromatic rings. The number of nitrogens with one attached hydrogen (secondary N) is 1. The van der Waals surface area contributed by atoms with Crippen LogP contribution >= 0.6 is 23.7 Å². The molecule has 2 rings (SSSR count). The highest BCUT2D eigenvalue weighted by Gasteiger charge is 2.15. The minimum atomic E-state index is 0. The van der Waals surface area contributed by atoms with Crippen molar-refractivity contribution in [3.8, 4) is 0 Å². The molecule has 0 bridgehead atoms. The molecule has 1 fully saturated rings. The van der Waals surface area contributed by atoms with Crippen LogP contribution in [0.15, 0.2) is 16.8 Å². The zero-order valence-corrected chi connectivity index (χ0v) is 7.88. The lowest BCUT2D eigenvalue weighted by Gasteiger charge is -2.02. The van der Waals surface area contributed by atoms with Crippen molar-refractivity contribution in [1.82, 2.24) is 5.32 Å². The minimum absolute atomic E-state index is 0. The lowest BCUT2D eigenvalue weighted by Crippen LogP contribution is -2.07. The van der Waals surface area contributed by atoms with Gasteiger partial charge in [-0.25, -0.2) is 0 Å². The van der Waals surface area contributed by atoms with Crippen molar-refractivity contribution < 1.29 is 0 Å². The SMILES string of the molecule is Cl.c1cc(C2CCNC2)cs1. The highest BCUT2D eigenvalue weighted by molar-refractivity contribution is 7.07. The fourth-order valence-electron chi connectivity index (χ4n) is 1.45. The van der Waals surface area contributed by atoms with E-state index in [1.165, 1.54) is 25.1 Å². The Morgan fingerprint density at radius 2 is 2.45 bits per heavy atom. The van der Waals surface area contributed by atoms with Gasteiger partial charge in [0.05, 0.1) is 0 Å². The molecule has 1 saturated heterocycles. The molecule has 0 saturated carbocycles. The van der Waals surface area contributed by atoms with Crippen molar-refractivity contribution in [2.75, 3.05) is 13.1 Å². The standard InChI is InChI=1S/C8H11NS.ClH/c1-3-9-5-7(1)8-2-4-10-6-8;/h2,4,6-7,9H,1,3,5H2;1H. The van der Waals surface area contributed by atoms with Gasteiger partial charge in [-0.15, -0.1) is 12.4 Å². The molecule has 1 aromatic heterocycles. The van der Waals surface area contributed by atoms with Crippen LogP contribution in [0.2, 0.25) is 0 Å². The summed E-state index contributed by atoms with van der Waals surface area (Å²) in [6.07, 6.45) is 1.32. The molecule has 2 heterocycles. The Balaban J connectivity index is 0.000000605. The monoisotopic (exact) mass is 189 g/mol. The molecule has 0 aromatic carbocycles. The molecule has 0 amide bonds. The van der Waals surface area contributed by atoms with E-state index >= 15 is 0 Å². The summed E-state index contributed by atoms with van der Waals surface area (Å²) >= 11 is 1.80. The average Bonchev–Trinajstić information content (AvgIpc) is 2.59. The minimum Gasteiger partial charge on any atom is -0.316 e. The largest absolute Gasteiger partial charge is 0.316 e. The second-order valence-corrected chi connectivity index (χ2v) is 3.53. The summed E-state index contributed by atoms with van der Waals surface area (Å²) < 4.78 is 0. The van der Waals surface area contributed by atoms with Crippen LogP contribution < -0.4 is 5.32 Å². The van der Waals surface area contributed by atoms with Crippen molar-refractivity contribution >= 4 is 23.7 Å². The molecule has 1 aliphatic heterocycles. The molecule has 0 spiro atoms. The van der Waals surface area contributed by atoms with Crippen molar-refractivity contribution in [2.45, 2.75) is 12.3 Å². The lowest BCUT2D eigenvalue weighted by atomic mass is 10.0. The third-order valence-corrected chi connectivity index (χ3v) is 2.78. The Bertz CT molecular complexity index is 192. The van der Waals surface area contributed by atoms with E-state index in [-0.39, 0.29) is 12.4 Å². The van der Waals surface area contributed by atoms with Crippen LogP contribution in [0, 0.1) is 0 Å². The highest BCUT2D eigenvalue weighted by Crippen LogP contribution is 2.23. The summed E-state index contributed by atoms with van der Waals surface area (Å²) in [4.78, 5) is 0. The predicted octanol–water partition coefficient (Wildman–Crippen LogP) is 2.25. The maximum Gasteiger partial charge on any atom is 0.00209 e. The van der Waals surface area contributed by atoms with Gasteiger partial charge in [-0.1, -0.05) is 0 Å². The first kappa shape index (κ1) is 9.04. The Kier molecular flexibility index (Phi) is 3.37. The van der Waals surface area contributed by atoms with Gasteiger partial charge in [0.2, 0.25) is 0 Å². The van der Waals surface area contributed by atoms with E-state index in [2.05, 4.69) is 22.1 Å². The Hall–Kier alpha value is -0.0500. The molecule has 1 nitrogen and oxygen atoms in total. The molecule has 11 heavy (non-hydrogen) atoms. The van der Waals surface area contributed by atoms with E-state index in [4.69, 9.17) is 0 Å². The van der Waals surface area contributed by atoms with Crippen molar-refractivity contribution in [3.05, 3.63) is 22.4 Å². The number of thiophene rings is 1. The Morgan fingerprint density at radius 1 is 1.55 bits per heavy atom. The van der Waals surface area contributed by atoms with Gasteiger partial charge in [-0.2, -0.15) is 11.3 Å². The summed E-state index contributed by atoms with van der Waals surface area (Å²) in [6, 6.07) is 2.24. The number of hydrogen-bond acceptors (Lipinski definition) is 2. The first-order valence-corrected chi connectivity index (χ1v) is 4.64. The van der Waals surface area contributed by atoms with E-state index in [0.29, 0.717) is 0 Å². The van der Waals surface area contributed by atoms with Crippen LogP contribution in [0.1, 0.15) is 17.9 Å². The summed E-state index contributed by atoms with van der Waals surface area (Å²) in [7, 11) is 0. The van der Waals surface area contributed by atoms with Crippen LogP contribution in [0.3, 0.4) is 0 Å². The van der Waals surface area contributed by atoms with Gasteiger partial charge in [0.25, 0.3) is 0 Å². The van der Waals surface area contributed by atoms with Crippen LogP contribution in [-0.2, 0) is 0 Å². The topological polar surface area (TPSA) is 12.0 Å². The van der Waals surface area contributed by atoms with Crippen LogP contribution in [-0.4, -0.2) is 13.1 Å². The van der Waals surface area contributed by atoms with E-state index in [9.17, 15) is 0 Å². The average molecular weight is 190 g/mol. The number of rotatable bonds is 1. The lowest BCUT2D eigenvalue weighted by molar-refractivity contribution is 0.767. The molecule has 0 radical (unpaired) electrons. The van der Waals surface area contributed by atoms with Crippen molar-refractivity contribution in [3.63, 3.8) is 0 Å². The van der Waals surface area contributed by atoms with E-state index in [1.807, 2.05) is 0 Å². The quantitative estimate of drug-likeness (QED) is 0.715. The van der Waals surface area contributed by atoms with Crippen LogP contribution in [0.25, 0.3) is 0 Å². The van der Waals surface area contributed by atoms with Gasteiger partial charge in [-0.05, 0) is 41.3 Å². The van der Waals surface area contributed by atoms with E-state index in [0.717, 1.165) is 5.92 Å². The highest BCUT2D eigenvalue weighted by atomic mass is 35.5. The normalized spacial score (nSPS) is 23.1. The van der Waals surface area contributed by atoms with Crippen molar-refractivity contribution in [1.29, 1.82) is 0 Å². The Labute approximate surface area is 77.2 Å². The molecule has 0 aliphatic carbocycles. The number of hydrogen-bond donors (Lipinski definition) is 1. The molecule has 1 unspecified atom stereocenters. The molecular formula is C8H12ClNS. The van der Waals surface area contributed by atoms with Gasteiger partial charge < -0.3 is 5.32 Å². The zero-order valence-electron chi connectivity index (χ0n) is 6.25. The van der Waals surface area contributed by atoms with Gasteiger partial charge in [0.15, 0.2) is 0 Å². The zero-order chi connectivity index (χ0) is 6.81. The van der Waals surface area contributed by atoms with Gasteiger partial charge >= 0.3 is 0 Å². The first-order chi connectivity index (χ1) is 4.97. The maximum absolute atomic E-state index is 3.37. The maximum atomic E-state index is 3.37. The molecule has 62 valence electrons. The van der Waals surface area contributed by atoms with Gasteiger partial charge in [-0.3, -0.25) is 0 Å². The van der Waals surface area contributed by atoms with Crippen molar-refractivity contribution in [2.24, 2.45) is 0 Å². The van der Waals surface area contributed by atoms with E-state index < -0.39 is 0 Å². The number of halogens is 1. The third-order valence-electron chi connectivity index (χ3n) is 2.07. The second-order valence-electron chi connectivity index (χ2n) is 2.75. The molecule has 3 heteroatoms. The van der Waals surface area contributed by atoms with Gasteiger partial charge in [0, 0.05) is 6.54 Å². The fraction of sp³-hybridized carbons (Fsp3) is 0.500. The molecule has 1 N–H and O–H groups in total. The van der Waals surface area contributed by atoms with Gasteiger partial charge in [0.1, 0.15) is 0 Å².